The largest absolute Gasteiger partial charge is 0.495 e. The molecule has 0 unspecified atom stereocenters. The Bertz CT molecular complexity index is 1060. The summed E-state index contributed by atoms with van der Waals surface area (Å²) in [7, 11) is 1.73. The first-order valence-corrected chi connectivity index (χ1v) is 9.18. The Morgan fingerprint density at radius 2 is 1.22 bits per heavy atom. The van der Waals surface area contributed by atoms with Gasteiger partial charge in [0.1, 0.15) is 5.75 Å². The van der Waals surface area contributed by atoms with Gasteiger partial charge in [-0.25, -0.2) is 0 Å². The Morgan fingerprint density at radius 3 is 1.85 bits per heavy atom. The van der Waals surface area contributed by atoms with E-state index in [-0.39, 0.29) is 0 Å². The van der Waals surface area contributed by atoms with E-state index in [9.17, 15) is 0 Å². The molecule has 0 amide bonds. The number of nitrogens with zero attached hydrogens (tertiary/aromatic N) is 1. The molecule has 134 valence electrons. The van der Waals surface area contributed by atoms with Crippen LogP contribution in [-0.4, -0.2) is 11.7 Å². The Morgan fingerprint density at radius 1 is 0.667 bits per heavy atom. The minimum Gasteiger partial charge on any atom is -0.495 e. The molecule has 0 fully saturated rings. The van der Waals surface area contributed by atoms with E-state index in [1.165, 1.54) is 33.6 Å². The Kier molecular flexibility index (Phi) is 4.55. The molecule has 1 aromatic heterocycles. The van der Waals surface area contributed by atoms with E-state index >= 15 is 0 Å². The maximum Gasteiger partial charge on any atom is 0.142 e. The van der Waals surface area contributed by atoms with Gasteiger partial charge in [0.2, 0.25) is 0 Å². The molecule has 1 heterocycles. The summed E-state index contributed by atoms with van der Waals surface area (Å²) in [5, 5.41) is 0. The molecule has 0 N–H and O–H groups in total. The molecular formula is C25H23NO. The number of ether oxygens (including phenoxy) is 1. The summed E-state index contributed by atoms with van der Waals surface area (Å²) in [5.74, 6) is 0.868. The number of rotatable bonds is 4. The maximum atomic E-state index is 5.68. The molecule has 0 saturated carbocycles. The molecule has 0 bridgehead atoms. The van der Waals surface area contributed by atoms with Crippen LogP contribution in [0.15, 0.2) is 84.9 Å². The summed E-state index contributed by atoms with van der Waals surface area (Å²) in [6.07, 6.45) is 0. The molecule has 0 aliphatic carbocycles. The lowest BCUT2D eigenvalue weighted by molar-refractivity contribution is 0.413. The van der Waals surface area contributed by atoms with E-state index in [4.69, 9.17) is 4.74 Å². The Balaban J connectivity index is 2.08. The first-order valence-electron chi connectivity index (χ1n) is 9.18. The van der Waals surface area contributed by atoms with E-state index in [0.717, 1.165) is 11.4 Å². The molecule has 2 nitrogen and oxygen atoms in total. The molecule has 0 atom stereocenters. The molecule has 0 aliphatic rings. The van der Waals surface area contributed by atoms with Crippen molar-refractivity contribution >= 4 is 0 Å². The topological polar surface area (TPSA) is 14.2 Å². The van der Waals surface area contributed by atoms with E-state index < -0.39 is 0 Å². The summed E-state index contributed by atoms with van der Waals surface area (Å²) in [6, 6.07) is 29.4. The standard InChI is InChI=1S/C25H23NO/c1-18-24(20-12-6-4-7-13-20)19(2)26(22-16-10-11-17-23(22)27-3)25(18)21-14-8-5-9-15-21/h4-17H,1-3H3. The van der Waals surface area contributed by atoms with Gasteiger partial charge in [-0.1, -0.05) is 72.8 Å². The summed E-state index contributed by atoms with van der Waals surface area (Å²) < 4.78 is 8.00. The second kappa shape index (κ2) is 7.16. The molecular weight excluding hydrogens is 330 g/mol. The normalized spacial score (nSPS) is 10.8. The molecule has 0 saturated heterocycles. The van der Waals surface area contributed by atoms with E-state index in [1.54, 1.807) is 7.11 Å². The Hall–Kier alpha value is -3.26. The van der Waals surface area contributed by atoms with Crippen molar-refractivity contribution in [2.24, 2.45) is 0 Å². The third kappa shape index (κ3) is 2.93. The van der Waals surface area contributed by atoms with Gasteiger partial charge in [-0.05, 0) is 42.7 Å². The fourth-order valence-electron chi connectivity index (χ4n) is 3.92. The van der Waals surface area contributed by atoms with Crippen LogP contribution in [0.1, 0.15) is 11.3 Å². The number of para-hydroxylation sites is 2. The molecule has 27 heavy (non-hydrogen) atoms. The van der Waals surface area contributed by atoms with Gasteiger partial charge in [0.15, 0.2) is 0 Å². The van der Waals surface area contributed by atoms with Gasteiger partial charge in [0, 0.05) is 11.3 Å². The van der Waals surface area contributed by atoms with Crippen LogP contribution in [0, 0.1) is 13.8 Å². The fourth-order valence-corrected chi connectivity index (χ4v) is 3.92. The van der Waals surface area contributed by atoms with E-state index in [1.807, 2.05) is 12.1 Å². The summed E-state index contributed by atoms with van der Waals surface area (Å²) in [5.41, 5.74) is 8.46. The van der Waals surface area contributed by atoms with Gasteiger partial charge < -0.3 is 9.30 Å². The van der Waals surface area contributed by atoms with Crippen molar-refractivity contribution in [3.8, 4) is 33.8 Å². The molecule has 4 aromatic rings. The number of methoxy groups -OCH3 is 1. The van der Waals surface area contributed by atoms with Gasteiger partial charge in [0.25, 0.3) is 0 Å². The lowest BCUT2D eigenvalue weighted by atomic mass is 9.99. The zero-order chi connectivity index (χ0) is 18.8. The Labute approximate surface area is 160 Å². The number of hydrogen-bond donors (Lipinski definition) is 0. The molecule has 2 heteroatoms. The summed E-state index contributed by atoms with van der Waals surface area (Å²) in [6.45, 7) is 4.40. The van der Waals surface area contributed by atoms with Gasteiger partial charge in [-0.3, -0.25) is 0 Å². The number of hydrogen-bond acceptors (Lipinski definition) is 1. The maximum absolute atomic E-state index is 5.68. The minimum atomic E-state index is 0.868. The van der Waals surface area contributed by atoms with Crippen molar-refractivity contribution in [3.63, 3.8) is 0 Å². The van der Waals surface area contributed by atoms with Gasteiger partial charge in [0.05, 0.1) is 18.5 Å². The van der Waals surface area contributed by atoms with Crippen LogP contribution in [0.2, 0.25) is 0 Å². The average molecular weight is 353 g/mol. The van der Waals surface area contributed by atoms with Crippen LogP contribution in [0.4, 0.5) is 0 Å². The lowest BCUT2D eigenvalue weighted by Gasteiger charge is -2.16. The molecule has 3 aromatic carbocycles. The second-order valence-electron chi connectivity index (χ2n) is 6.67. The molecule has 0 radical (unpaired) electrons. The van der Waals surface area contributed by atoms with Crippen molar-refractivity contribution in [2.45, 2.75) is 13.8 Å². The summed E-state index contributed by atoms with van der Waals surface area (Å²) >= 11 is 0. The molecule has 4 rings (SSSR count). The van der Waals surface area contributed by atoms with Crippen LogP contribution >= 0.6 is 0 Å². The average Bonchev–Trinajstić information content (AvgIpc) is 2.99. The van der Waals surface area contributed by atoms with E-state index in [0.29, 0.717) is 0 Å². The first-order chi connectivity index (χ1) is 13.2. The van der Waals surface area contributed by atoms with Crippen molar-refractivity contribution in [1.82, 2.24) is 4.57 Å². The van der Waals surface area contributed by atoms with Crippen LogP contribution < -0.4 is 4.74 Å². The third-order valence-corrected chi connectivity index (χ3v) is 5.09. The lowest BCUT2D eigenvalue weighted by Crippen LogP contribution is -2.02. The van der Waals surface area contributed by atoms with Crippen LogP contribution in [-0.2, 0) is 0 Å². The highest BCUT2D eigenvalue weighted by molar-refractivity contribution is 5.82. The predicted molar refractivity (Wildman–Crippen MR) is 113 cm³/mol. The highest BCUT2D eigenvalue weighted by Gasteiger charge is 2.22. The highest BCUT2D eigenvalue weighted by Crippen LogP contribution is 2.41. The highest BCUT2D eigenvalue weighted by atomic mass is 16.5. The second-order valence-corrected chi connectivity index (χ2v) is 6.67. The van der Waals surface area contributed by atoms with Crippen molar-refractivity contribution in [1.29, 1.82) is 0 Å². The zero-order valence-corrected chi connectivity index (χ0v) is 15.9. The summed E-state index contributed by atoms with van der Waals surface area (Å²) in [4.78, 5) is 0. The smallest absolute Gasteiger partial charge is 0.142 e. The van der Waals surface area contributed by atoms with Crippen LogP contribution in [0.5, 0.6) is 5.75 Å². The van der Waals surface area contributed by atoms with Crippen molar-refractivity contribution < 1.29 is 4.74 Å². The van der Waals surface area contributed by atoms with Crippen LogP contribution in [0.25, 0.3) is 28.1 Å². The quantitative estimate of drug-likeness (QED) is 0.412. The zero-order valence-electron chi connectivity index (χ0n) is 15.9. The first kappa shape index (κ1) is 17.2. The fraction of sp³-hybridized carbons (Fsp3) is 0.120. The van der Waals surface area contributed by atoms with Gasteiger partial charge >= 0.3 is 0 Å². The van der Waals surface area contributed by atoms with Crippen molar-refractivity contribution in [3.05, 3.63) is 96.2 Å². The van der Waals surface area contributed by atoms with E-state index in [2.05, 4.69) is 91.2 Å². The van der Waals surface area contributed by atoms with Gasteiger partial charge in [-0.15, -0.1) is 0 Å². The monoisotopic (exact) mass is 353 g/mol. The predicted octanol–water partition coefficient (Wildman–Crippen LogP) is 6.44. The molecule has 0 spiro atoms. The SMILES string of the molecule is COc1ccccc1-n1c(C)c(-c2ccccc2)c(C)c1-c1ccccc1. The molecule has 0 aliphatic heterocycles. The number of aromatic nitrogens is 1. The van der Waals surface area contributed by atoms with Crippen LogP contribution in [0.3, 0.4) is 0 Å². The minimum absolute atomic E-state index is 0.868. The van der Waals surface area contributed by atoms with Gasteiger partial charge in [-0.2, -0.15) is 0 Å². The third-order valence-electron chi connectivity index (χ3n) is 5.09. The number of benzene rings is 3. The van der Waals surface area contributed by atoms with Crippen molar-refractivity contribution in [2.75, 3.05) is 7.11 Å².